The number of amides is 1. The fraction of sp³-hybridized carbons (Fsp3) is 0.529. The number of hydrogen-bond donors (Lipinski definition) is 0. The Bertz CT molecular complexity index is 717. The molecule has 1 fully saturated rings. The minimum Gasteiger partial charge on any atom is -0.472 e. The second-order valence-electron chi connectivity index (χ2n) is 6.23. The SMILES string of the molecule is Cc1cc(OC2CCCN(C(=O)c3c(C)noc3C)C2)nc(C)n1. The third kappa shape index (κ3) is 3.39. The molecule has 2 aromatic rings. The van der Waals surface area contributed by atoms with E-state index >= 15 is 0 Å². The van der Waals surface area contributed by atoms with Crippen molar-refractivity contribution in [3.05, 3.63) is 34.6 Å². The first kappa shape index (κ1) is 16.4. The largest absolute Gasteiger partial charge is 0.472 e. The molecule has 0 N–H and O–H groups in total. The van der Waals surface area contributed by atoms with Crippen LogP contribution in [0.2, 0.25) is 0 Å². The zero-order chi connectivity index (χ0) is 17.3. The molecule has 0 bridgehead atoms. The maximum atomic E-state index is 12.8. The fourth-order valence-corrected chi connectivity index (χ4v) is 3.08. The Balaban J connectivity index is 1.71. The molecule has 1 unspecified atom stereocenters. The van der Waals surface area contributed by atoms with Gasteiger partial charge >= 0.3 is 0 Å². The summed E-state index contributed by atoms with van der Waals surface area (Å²) in [6, 6.07) is 1.82. The first-order valence-corrected chi connectivity index (χ1v) is 8.15. The number of hydrogen-bond acceptors (Lipinski definition) is 6. The van der Waals surface area contributed by atoms with Crippen molar-refractivity contribution >= 4 is 5.91 Å². The molecule has 0 saturated carbocycles. The van der Waals surface area contributed by atoms with Crippen LogP contribution in [0.3, 0.4) is 0 Å². The van der Waals surface area contributed by atoms with Crippen LogP contribution in [0, 0.1) is 27.7 Å². The van der Waals surface area contributed by atoms with Gasteiger partial charge in [-0.15, -0.1) is 0 Å². The van der Waals surface area contributed by atoms with Gasteiger partial charge in [0.25, 0.3) is 5.91 Å². The van der Waals surface area contributed by atoms with Crippen LogP contribution in [0.1, 0.15) is 46.2 Å². The van der Waals surface area contributed by atoms with Gasteiger partial charge in [0.05, 0.1) is 12.2 Å². The van der Waals surface area contributed by atoms with Crippen LogP contribution < -0.4 is 4.74 Å². The molecule has 0 spiro atoms. The van der Waals surface area contributed by atoms with Crippen molar-refractivity contribution in [2.75, 3.05) is 13.1 Å². The van der Waals surface area contributed by atoms with E-state index in [1.807, 2.05) is 24.8 Å². The minimum atomic E-state index is -0.0723. The van der Waals surface area contributed by atoms with Gasteiger partial charge in [0.1, 0.15) is 23.3 Å². The molecule has 0 aromatic carbocycles. The summed E-state index contributed by atoms with van der Waals surface area (Å²) in [5.41, 5.74) is 2.06. The lowest BCUT2D eigenvalue weighted by atomic mass is 10.1. The van der Waals surface area contributed by atoms with Crippen LogP contribution in [0.5, 0.6) is 5.88 Å². The molecule has 1 aliphatic rings. The Hall–Kier alpha value is -2.44. The number of aromatic nitrogens is 3. The molecule has 1 aliphatic heterocycles. The number of likely N-dealkylation sites (tertiary alicyclic amines) is 1. The average Bonchev–Trinajstić information content (AvgIpc) is 2.85. The molecule has 24 heavy (non-hydrogen) atoms. The lowest BCUT2D eigenvalue weighted by molar-refractivity contribution is 0.0524. The Kier molecular flexibility index (Phi) is 4.51. The highest BCUT2D eigenvalue weighted by molar-refractivity contribution is 5.96. The van der Waals surface area contributed by atoms with Crippen molar-refractivity contribution in [3.8, 4) is 5.88 Å². The number of carbonyl (C=O) groups excluding carboxylic acids is 1. The van der Waals surface area contributed by atoms with Crippen molar-refractivity contribution in [2.24, 2.45) is 0 Å². The monoisotopic (exact) mass is 330 g/mol. The van der Waals surface area contributed by atoms with Crippen molar-refractivity contribution in [3.63, 3.8) is 0 Å². The Morgan fingerprint density at radius 1 is 1.29 bits per heavy atom. The molecule has 3 rings (SSSR count). The highest BCUT2D eigenvalue weighted by Crippen LogP contribution is 2.21. The predicted octanol–water partition coefficient (Wildman–Crippen LogP) is 2.38. The molecule has 1 amide bonds. The number of nitrogens with zero attached hydrogens (tertiary/aromatic N) is 4. The van der Waals surface area contributed by atoms with Crippen LogP contribution in [0.25, 0.3) is 0 Å². The lowest BCUT2D eigenvalue weighted by Crippen LogP contribution is -2.44. The van der Waals surface area contributed by atoms with Crippen molar-refractivity contribution < 1.29 is 14.1 Å². The molecular formula is C17H22N4O3. The van der Waals surface area contributed by atoms with E-state index in [9.17, 15) is 4.79 Å². The van der Waals surface area contributed by atoms with Gasteiger partial charge in [-0.05, 0) is 40.5 Å². The van der Waals surface area contributed by atoms with E-state index in [1.54, 1.807) is 13.8 Å². The highest BCUT2D eigenvalue weighted by atomic mass is 16.5. The van der Waals surface area contributed by atoms with Gasteiger partial charge in [0, 0.05) is 18.3 Å². The smallest absolute Gasteiger partial charge is 0.259 e. The van der Waals surface area contributed by atoms with Crippen molar-refractivity contribution in [2.45, 2.75) is 46.6 Å². The summed E-state index contributed by atoms with van der Waals surface area (Å²) in [7, 11) is 0. The summed E-state index contributed by atoms with van der Waals surface area (Å²) in [4.78, 5) is 23.1. The Morgan fingerprint density at radius 3 is 2.75 bits per heavy atom. The molecular weight excluding hydrogens is 308 g/mol. The Morgan fingerprint density at radius 2 is 2.08 bits per heavy atom. The lowest BCUT2D eigenvalue weighted by Gasteiger charge is -2.32. The van der Waals surface area contributed by atoms with Gasteiger partial charge in [-0.25, -0.2) is 4.98 Å². The third-order valence-electron chi connectivity index (χ3n) is 4.14. The predicted molar refractivity (Wildman–Crippen MR) is 87.0 cm³/mol. The van der Waals surface area contributed by atoms with Gasteiger partial charge in [0.2, 0.25) is 5.88 Å². The first-order chi connectivity index (χ1) is 11.4. The summed E-state index contributed by atoms with van der Waals surface area (Å²) in [6.07, 6.45) is 1.72. The summed E-state index contributed by atoms with van der Waals surface area (Å²) in [5, 5.41) is 3.87. The maximum Gasteiger partial charge on any atom is 0.259 e. The topological polar surface area (TPSA) is 81.4 Å². The first-order valence-electron chi connectivity index (χ1n) is 8.15. The maximum absolute atomic E-state index is 12.8. The molecule has 1 atom stereocenters. The van der Waals surface area contributed by atoms with E-state index in [4.69, 9.17) is 9.26 Å². The summed E-state index contributed by atoms with van der Waals surface area (Å²) in [6.45, 7) is 8.55. The fourth-order valence-electron chi connectivity index (χ4n) is 3.08. The third-order valence-corrected chi connectivity index (χ3v) is 4.14. The van der Waals surface area contributed by atoms with Crippen LogP contribution in [-0.4, -0.2) is 45.1 Å². The van der Waals surface area contributed by atoms with E-state index in [0.29, 0.717) is 41.8 Å². The van der Waals surface area contributed by atoms with Gasteiger partial charge in [0.15, 0.2) is 0 Å². The van der Waals surface area contributed by atoms with Gasteiger partial charge in [-0.2, -0.15) is 4.98 Å². The van der Waals surface area contributed by atoms with Crippen molar-refractivity contribution in [1.82, 2.24) is 20.0 Å². The summed E-state index contributed by atoms with van der Waals surface area (Å²) >= 11 is 0. The molecule has 1 saturated heterocycles. The zero-order valence-electron chi connectivity index (χ0n) is 14.5. The van der Waals surface area contributed by atoms with Crippen LogP contribution >= 0.6 is 0 Å². The van der Waals surface area contributed by atoms with E-state index in [2.05, 4.69) is 15.1 Å². The number of aryl methyl sites for hydroxylation is 4. The van der Waals surface area contributed by atoms with E-state index < -0.39 is 0 Å². The van der Waals surface area contributed by atoms with Crippen LogP contribution in [0.15, 0.2) is 10.6 Å². The van der Waals surface area contributed by atoms with Crippen molar-refractivity contribution in [1.29, 1.82) is 0 Å². The van der Waals surface area contributed by atoms with E-state index in [0.717, 1.165) is 18.5 Å². The molecule has 3 heterocycles. The highest BCUT2D eigenvalue weighted by Gasteiger charge is 2.29. The van der Waals surface area contributed by atoms with E-state index in [-0.39, 0.29) is 12.0 Å². The van der Waals surface area contributed by atoms with E-state index in [1.165, 1.54) is 0 Å². The number of piperidine rings is 1. The van der Waals surface area contributed by atoms with Gasteiger partial charge in [-0.1, -0.05) is 5.16 Å². The van der Waals surface area contributed by atoms with Crippen LogP contribution in [-0.2, 0) is 0 Å². The summed E-state index contributed by atoms with van der Waals surface area (Å²) < 4.78 is 11.1. The quantitative estimate of drug-likeness (QED) is 0.859. The van der Waals surface area contributed by atoms with Crippen LogP contribution in [0.4, 0.5) is 0 Å². The minimum absolute atomic E-state index is 0.0467. The average molecular weight is 330 g/mol. The second kappa shape index (κ2) is 6.59. The standard InChI is InChI=1S/C17H22N4O3/c1-10-8-15(19-13(4)18-10)23-14-6-5-7-21(9-14)17(22)16-11(2)20-24-12(16)3/h8,14H,5-7,9H2,1-4H3. The number of ether oxygens (including phenoxy) is 1. The molecule has 2 aromatic heterocycles. The molecule has 7 nitrogen and oxygen atoms in total. The number of carbonyl (C=O) groups is 1. The van der Waals surface area contributed by atoms with Gasteiger partial charge in [-0.3, -0.25) is 4.79 Å². The number of rotatable bonds is 3. The van der Waals surface area contributed by atoms with Gasteiger partial charge < -0.3 is 14.2 Å². The second-order valence-corrected chi connectivity index (χ2v) is 6.23. The molecule has 7 heteroatoms. The molecule has 0 radical (unpaired) electrons. The Labute approximate surface area is 141 Å². The molecule has 0 aliphatic carbocycles. The summed E-state index contributed by atoms with van der Waals surface area (Å²) in [5.74, 6) is 1.76. The normalized spacial score (nSPS) is 17.8. The molecule has 128 valence electrons. The zero-order valence-corrected chi connectivity index (χ0v) is 14.5.